The lowest BCUT2D eigenvalue weighted by atomic mass is 10.0. The standard InChI is InChI=1S/C14H19BrF2N2/c1-9(2)18-11-4-3-5-19(8-11)14-12(16)6-10(15)7-13(14)17/h6-7,9,11,18H,3-5,8H2,1-2H3. The monoisotopic (exact) mass is 332 g/mol. The molecule has 2 nitrogen and oxygen atoms in total. The van der Waals surface area contributed by atoms with Gasteiger partial charge in [0.05, 0.1) is 0 Å². The van der Waals surface area contributed by atoms with Gasteiger partial charge in [-0.3, -0.25) is 0 Å². The predicted molar refractivity (Wildman–Crippen MR) is 77.6 cm³/mol. The van der Waals surface area contributed by atoms with E-state index in [0.29, 0.717) is 23.6 Å². The molecule has 1 aliphatic rings. The molecule has 1 N–H and O–H groups in total. The summed E-state index contributed by atoms with van der Waals surface area (Å²) in [4.78, 5) is 1.81. The number of benzene rings is 1. The van der Waals surface area contributed by atoms with Gasteiger partial charge in [-0.15, -0.1) is 0 Å². The first kappa shape index (κ1) is 14.7. The van der Waals surface area contributed by atoms with Crippen molar-refractivity contribution in [1.82, 2.24) is 5.32 Å². The molecule has 0 amide bonds. The van der Waals surface area contributed by atoms with Crippen molar-refractivity contribution >= 4 is 21.6 Å². The summed E-state index contributed by atoms with van der Waals surface area (Å²) in [5.74, 6) is -1.01. The molecule has 0 aromatic heterocycles. The molecule has 19 heavy (non-hydrogen) atoms. The molecule has 1 unspecified atom stereocenters. The van der Waals surface area contributed by atoms with Gasteiger partial charge in [0, 0.05) is 29.6 Å². The zero-order chi connectivity index (χ0) is 14.0. The highest BCUT2D eigenvalue weighted by Gasteiger charge is 2.25. The Kier molecular flexibility index (Phi) is 4.79. The molecule has 5 heteroatoms. The van der Waals surface area contributed by atoms with E-state index in [0.717, 1.165) is 12.8 Å². The van der Waals surface area contributed by atoms with Crippen LogP contribution in [0.15, 0.2) is 16.6 Å². The Balaban J connectivity index is 2.17. The van der Waals surface area contributed by atoms with Gasteiger partial charge in [0.15, 0.2) is 11.6 Å². The van der Waals surface area contributed by atoms with Gasteiger partial charge in [-0.25, -0.2) is 8.78 Å². The molecule has 0 aliphatic carbocycles. The van der Waals surface area contributed by atoms with Crippen molar-refractivity contribution < 1.29 is 8.78 Å². The third kappa shape index (κ3) is 3.66. The fourth-order valence-electron chi connectivity index (χ4n) is 2.62. The summed E-state index contributed by atoms with van der Waals surface area (Å²) >= 11 is 3.10. The van der Waals surface area contributed by atoms with E-state index in [9.17, 15) is 8.78 Å². The van der Waals surface area contributed by atoms with Gasteiger partial charge in [0.25, 0.3) is 0 Å². The number of hydrogen-bond donors (Lipinski definition) is 1. The Morgan fingerprint density at radius 1 is 1.32 bits per heavy atom. The van der Waals surface area contributed by atoms with Crippen molar-refractivity contribution in [3.63, 3.8) is 0 Å². The van der Waals surface area contributed by atoms with Crippen LogP contribution in [-0.4, -0.2) is 25.2 Å². The van der Waals surface area contributed by atoms with Gasteiger partial charge < -0.3 is 10.2 Å². The zero-order valence-corrected chi connectivity index (χ0v) is 12.8. The second-order valence-corrected chi connectivity index (χ2v) is 6.24. The Morgan fingerprint density at radius 3 is 2.53 bits per heavy atom. The molecule has 2 rings (SSSR count). The highest BCUT2D eigenvalue weighted by atomic mass is 79.9. The number of halogens is 3. The van der Waals surface area contributed by atoms with E-state index in [-0.39, 0.29) is 11.7 Å². The van der Waals surface area contributed by atoms with E-state index >= 15 is 0 Å². The molecule has 1 saturated heterocycles. The largest absolute Gasteiger partial charge is 0.365 e. The molecule has 1 aromatic carbocycles. The Bertz CT molecular complexity index is 428. The van der Waals surface area contributed by atoms with Crippen molar-refractivity contribution in [2.75, 3.05) is 18.0 Å². The lowest BCUT2D eigenvalue weighted by molar-refractivity contribution is 0.390. The quantitative estimate of drug-likeness (QED) is 0.908. The van der Waals surface area contributed by atoms with Crippen LogP contribution in [0.3, 0.4) is 0 Å². The van der Waals surface area contributed by atoms with Gasteiger partial charge >= 0.3 is 0 Å². The smallest absolute Gasteiger partial charge is 0.150 e. The molecule has 106 valence electrons. The summed E-state index contributed by atoms with van der Waals surface area (Å²) < 4.78 is 28.3. The van der Waals surface area contributed by atoms with Crippen LogP contribution < -0.4 is 10.2 Å². The molecule has 1 aromatic rings. The van der Waals surface area contributed by atoms with Crippen LogP contribution in [0.25, 0.3) is 0 Å². The van der Waals surface area contributed by atoms with E-state index in [4.69, 9.17) is 0 Å². The van der Waals surface area contributed by atoms with Gasteiger partial charge in [-0.05, 0) is 25.0 Å². The van der Waals surface area contributed by atoms with Crippen molar-refractivity contribution in [3.05, 3.63) is 28.2 Å². The molecule has 1 fully saturated rings. The summed E-state index contributed by atoms with van der Waals surface area (Å²) in [6, 6.07) is 3.30. The summed E-state index contributed by atoms with van der Waals surface area (Å²) in [6.07, 6.45) is 1.99. The number of hydrogen-bond acceptors (Lipinski definition) is 2. The van der Waals surface area contributed by atoms with Gasteiger partial charge in [-0.1, -0.05) is 29.8 Å². The minimum absolute atomic E-state index is 0.0958. The molecule has 1 atom stereocenters. The maximum atomic E-state index is 14.0. The molecular formula is C14H19BrF2N2. The van der Waals surface area contributed by atoms with E-state index in [1.54, 1.807) is 4.90 Å². The van der Waals surface area contributed by atoms with Gasteiger partial charge in [0.2, 0.25) is 0 Å². The maximum absolute atomic E-state index is 14.0. The predicted octanol–water partition coefficient (Wildman–Crippen LogP) is 3.69. The molecule has 0 bridgehead atoms. The van der Waals surface area contributed by atoms with E-state index < -0.39 is 11.6 Å². The van der Waals surface area contributed by atoms with Crippen LogP contribution in [0.4, 0.5) is 14.5 Å². The van der Waals surface area contributed by atoms with Crippen LogP contribution >= 0.6 is 15.9 Å². The van der Waals surface area contributed by atoms with Gasteiger partial charge in [-0.2, -0.15) is 0 Å². The molecule has 1 heterocycles. The van der Waals surface area contributed by atoms with E-state index in [1.807, 2.05) is 0 Å². The lowest BCUT2D eigenvalue weighted by Gasteiger charge is -2.36. The van der Waals surface area contributed by atoms with E-state index in [1.165, 1.54) is 12.1 Å². The molecular weight excluding hydrogens is 314 g/mol. The van der Waals surface area contributed by atoms with Crippen LogP contribution in [0, 0.1) is 11.6 Å². The zero-order valence-electron chi connectivity index (χ0n) is 11.2. The third-order valence-electron chi connectivity index (χ3n) is 3.29. The number of anilines is 1. The summed E-state index contributed by atoms with van der Waals surface area (Å²) in [6.45, 7) is 5.51. The number of rotatable bonds is 3. The average Bonchev–Trinajstić information content (AvgIpc) is 2.26. The summed E-state index contributed by atoms with van der Waals surface area (Å²) in [5.41, 5.74) is 0.0958. The molecule has 0 radical (unpaired) electrons. The lowest BCUT2D eigenvalue weighted by Crippen LogP contribution is -2.48. The fraction of sp³-hybridized carbons (Fsp3) is 0.571. The Morgan fingerprint density at radius 2 is 1.95 bits per heavy atom. The third-order valence-corrected chi connectivity index (χ3v) is 3.75. The first-order valence-corrected chi connectivity index (χ1v) is 7.42. The normalized spacial score (nSPS) is 20.1. The summed E-state index contributed by atoms with van der Waals surface area (Å²) in [5, 5.41) is 3.44. The molecule has 0 saturated carbocycles. The average molecular weight is 333 g/mol. The van der Waals surface area contributed by atoms with Crippen LogP contribution in [0.5, 0.6) is 0 Å². The minimum Gasteiger partial charge on any atom is -0.365 e. The van der Waals surface area contributed by atoms with Crippen molar-refractivity contribution in [1.29, 1.82) is 0 Å². The highest BCUT2D eigenvalue weighted by molar-refractivity contribution is 9.10. The fourth-order valence-corrected chi connectivity index (χ4v) is 3.03. The first-order chi connectivity index (χ1) is 8.97. The molecule has 1 aliphatic heterocycles. The van der Waals surface area contributed by atoms with Crippen molar-refractivity contribution in [3.8, 4) is 0 Å². The van der Waals surface area contributed by atoms with Crippen LogP contribution in [0.1, 0.15) is 26.7 Å². The first-order valence-electron chi connectivity index (χ1n) is 6.63. The number of nitrogens with one attached hydrogen (secondary N) is 1. The molecule has 0 spiro atoms. The Labute approximate surface area is 121 Å². The van der Waals surface area contributed by atoms with Crippen molar-refractivity contribution in [2.24, 2.45) is 0 Å². The SMILES string of the molecule is CC(C)NC1CCCN(c2c(F)cc(Br)cc2F)C1. The van der Waals surface area contributed by atoms with Crippen LogP contribution in [0.2, 0.25) is 0 Å². The second kappa shape index (κ2) is 6.18. The highest BCUT2D eigenvalue weighted by Crippen LogP contribution is 2.29. The second-order valence-electron chi connectivity index (χ2n) is 5.32. The maximum Gasteiger partial charge on any atom is 0.150 e. The number of nitrogens with zero attached hydrogens (tertiary/aromatic N) is 1. The van der Waals surface area contributed by atoms with Gasteiger partial charge in [0.1, 0.15) is 5.69 Å². The van der Waals surface area contributed by atoms with E-state index in [2.05, 4.69) is 35.1 Å². The van der Waals surface area contributed by atoms with Crippen LogP contribution in [-0.2, 0) is 0 Å². The summed E-state index contributed by atoms with van der Waals surface area (Å²) in [7, 11) is 0. The Hall–Kier alpha value is -0.680. The minimum atomic E-state index is -0.503. The number of piperidine rings is 1. The topological polar surface area (TPSA) is 15.3 Å². The van der Waals surface area contributed by atoms with Crippen molar-refractivity contribution in [2.45, 2.75) is 38.8 Å².